The van der Waals surface area contributed by atoms with E-state index in [9.17, 15) is 13.2 Å². The molecule has 32 heavy (non-hydrogen) atoms. The van der Waals surface area contributed by atoms with Gasteiger partial charge in [-0.1, -0.05) is 48.6 Å². The summed E-state index contributed by atoms with van der Waals surface area (Å²) in [7, 11) is -2.18. The topological polar surface area (TPSA) is 78.9 Å². The van der Waals surface area contributed by atoms with Gasteiger partial charge in [0.2, 0.25) is 10.0 Å². The number of benzene rings is 2. The molecule has 2 aromatic rings. The molecule has 0 unspecified atom stereocenters. The molecule has 7 nitrogen and oxygen atoms in total. The molecule has 1 heterocycles. The van der Waals surface area contributed by atoms with E-state index in [1.54, 1.807) is 11.0 Å². The Bertz CT molecular complexity index is 1030. The molecule has 172 valence electrons. The van der Waals surface area contributed by atoms with Gasteiger partial charge in [-0.2, -0.15) is 0 Å². The molecule has 1 N–H and O–H groups in total. The van der Waals surface area contributed by atoms with Gasteiger partial charge in [-0.3, -0.25) is 9.69 Å². The van der Waals surface area contributed by atoms with Crippen LogP contribution in [0.25, 0.3) is 6.08 Å². The SMILES string of the molecule is COCCNS(=O)(=O)c1ccc(C)c(C(=O)N2CCN(C/C=C/c3ccccc3)CC2)c1. The molecule has 0 spiro atoms. The zero-order valence-corrected chi connectivity index (χ0v) is 19.5. The number of carbonyl (C=O) groups excluding carboxylic acids is 1. The normalized spacial score (nSPS) is 15.4. The maximum absolute atomic E-state index is 13.1. The van der Waals surface area contributed by atoms with Crippen molar-refractivity contribution in [2.75, 3.05) is 53.0 Å². The number of methoxy groups -OCH3 is 1. The highest BCUT2D eigenvalue weighted by molar-refractivity contribution is 7.89. The van der Waals surface area contributed by atoms with Gasteiger partial charge in [0.1, 0.15) is 0 Å². The van der Waals surface area contributed by atoms with Crippen LogP contribution in [0.4, 0.5) is 0 Å². The Morgan fingerprint density at radius 2 is 1.81 bits per heavy atom. The molecule has 1 amide bonds. The Hall–Kier alpha value is -2.52. The number of piperazine rings is 1. The molecule has 2 aromatic carbocycles. The van der Waals surface area contributed by atoms with Gasteiger partial charge in [-0.05, 0) is 30.2 Å². The Morgan fingerprint density at radius 3 is 2.50 bits per heavy atom. The first-order chi connectivity index (χ1) is 15.4. The van der Waals surface area contributed by atoms with Gasteiger partial charge < -0.3 is 9.64 Å². The highest BCUT2D eigenvalue weighted by atomic mass is 32.2. The van der Waals surface area contributed by atoms with Crippen LogP contribution in [0.3, 0.4) is 0 Å². The third-order valence-electron chi connectivity index (χ3n) is 5.48. The van der Waals surface area contributed by atoms with Crippen molar-refractivity contribution in [3.8, 4) is 0 Å². The van der Waals surface area contributed by atoms with Crippen molar-refractivity contribution >= 4 is 22.0 Å². The van der Waals surface area contributed by atoms with Crippen LogP contribution in [-0.2, 0) is 14.8 Å². The molecule has 0 aromatic heterocycles. The summed E-state index contributed by atoms with van der Waals surface area (Å²) in [6.07, 6.45) is 4.25. The Morgan fingerprint density at radius 1 is 1.09 bits per heavy atom. The Labute approximate surface area is 190 Å². The number of hydrogen-bond acceptors (Lipinski definition) is 5. The second kappa shape index (κ2) is 11.4. The molecule has 0 saturated carbocycles. The second-order valence-electron chi connectivity index (χ2n) is 7.77. The van der Waals surface area contributed by atoms with Crippen LogP contribution in [0.15, 0.2) is 59.5 Å². The number of hydrogen-bond donors (Lipinski definition) is 1. The smallest absolute Gasteiger partial charge is 0.254 e. The lowest BCUT2D eigenvalue weighted by molar-refractivity contribution is 0.0649. The second-order valence-corrected chi connectivity index (χ2v) is 9.54. The zero-order valence-electron chi connectivity index (χ0n) is 18.7. The molecule has 0 aliphatic carbocycles. The summed E-state index contributed by atoms with van der Waals surface area (Å²) in [4.78, 5) is 17.3. The largest absolute Gasteiger partial charge is 0.383 e. The number of amides is 1. The molecule has 0 radical (unpaired) electrons. The fourth-order valence-electron chi connectivity index (χ4n) is 3.57. The molecular formula is C24H31N3O4S. The standard InChI is InChI=1S/C24H31N3O4S/c1-20-10-11-22(32(29,30)25-12-18-31-2)19-23(20)24(28)27-16-14-26(15-17-27)13-6-9-21-7-4-3-5-8-21/h3-11,19,25H,12-18H2,1-2H3/b9-6+. The molecule has 8 heteroatoms. The first-order valence-electron chi connectivity index (χ1n) is 10.7. The zero-order chi connectivity index (χ0) is 23.0. The van der Waals surface area contributed by atoms with Gasteiger partial charge in [0, 0.05) is 51.9 Å². The number of nitrogens with zero attached hydrogens (tertiary/aromatic N) is 2. The summed E-state index contributed by atoms with van der Waals surface area (Å²) in [5, 5.41) is 0. The van der Waals surface area contributed by atoms with Gasteiger partial charge in [-0.25, -0.2) is 13.1 Å². The van der Waals surface area contributed by atoms with Crippen LogP contribution in [0, 0.1) is 6.92 Å². The quantitative estimate of drug-likeness (QED) is 0.585. The van der Waals surface area contributed by atoms with E-state index in [0.29, 0.717) is 18.7 Å². The molecular weight excluding hydrogens is 426 g/mol. The van der Waals surface area contributed by atoms with E-state index in [0.717, 1.165) is 25.2 Å². The third kappa shape index (κ3) is 6.49. The molecule has 1 saturated heterocycles. The molecule has 0 bridgehead atoms. The van der Waals surface area contributed by atoms with Crippen LogP contribution >= 0.6 is 0 Å². The Balaban J connectivity index is 1.59. The molecule has 1 aliphatic heterocycles. The molecule has 0 atom stereocenters. The summed E-state index contributed by atoms with van der Waals surface area (Å²) in [5.74, 6) is -0.129. The first kappa shape index (κ1) is 24.1. The maximum Gasteiger partial charge on any atom is 0.254 e. The van der Waals surface area contributed by atoms with Crippen LogP contribution in [0.1, 0.15) is 21.5 Å². The third-order valence-corrected chi connectivity index (χ3v) is 6.94. The lowest BCUT2D eigenvalue weighted by Gasteiger charge is -2.34. The van der Waals surface area contributed by atoms with E-state index in [4.69, 9.17) is 4.74 Å². The predicted octanol–water partition coefficient (Wildman–Crippen LogP) is 2.39. The van der Waals surface area contributed by atoms with Gasteiger partial charge in [0.15, 0.2) is 0 Å². The minimum Gasteiger partial charge on any atom is -0.383 e. The van der Waals surface area contributed by atoms with Crippen molar-refractivity contribution in [1.29, 1.82) is 0 Å². The van der Waals surface area contributed by atoms with E-state index in [1.165, 1.54) is 24.8 Å². The fourth-order valence-corrected chi connectivity index (χ4v) is 4.60. The van der Waals surface area contributed by atoms with Crippen molar-refractivity contribution < 1.29 is 17.9 Å². The highest BCUT2D eigenvalue weighted by Gasteiger charge is 2.24. The number of carbonyl (C=O) groups is 1. The van der Waals surface area contributed by atoms with E-state index < -0.39 is 10.0 Å². The number of aryl methyl sites for hydroxylation is 1. The van der Waals surface area contributed by atoms with E-state index in [2.05, 4.69) is 33.9 Å². The molecule has 1 fully saturated rings. The summed E-state index contributed by atoms with van der Waals surface area (Å²) in [6, 6.07) is 14.8. The van der Waals surface area contributed by atoms with Crippen molar-refractivity contribution in [3.05, 3.63) is 71.3 Å². The average Bonchev–Trinajstić information content (AvgIpc) is 2.80. The van der Waals surface area contributed by atoms with Gasteiger partial charge in [-0.15, -0.1) is 0 Å². The van der Waals surface area contributed by atoms with E-state index in [-0.39, 0.29) is 24.0 Å². The van der Waals surface area contributed by atoms with Gasteiger partial charge in [0.05, 0.1) is 11.5 Å². The number of sulfonamides is 1. The molecule has 1 aliphatic rings. The number of nitrogens with one attached hydrogen (secondary N) is 1. The predicted molar refractivity (Wildman–Crippen MR) is 126 cm³/mol. The molecule has 3 rings (SSSR count). The minimum atomic E-state index is -3.69. The lowest BCUT2D eigenvalue weighted by atomic mass is 10.1. The van der Waals surface area contributed by atoms with E-state index >= 15 is 0 Å². The monoisotopic (exact) mass is 457 g/mol. The number of rotatable bonds is 9. The van der Waals surface area contributed by atoms with Crippen LogP contribution in [-0.4, -0.2) is 77.1 Å². The fraction of sp³-hybridized carbons (Fsp3) is 0.375. The Kier molecular flexibility index (Phi) is 8.58. The van der Waals surface area contributed by atoms with Crippen LogP contribution in [0.5, 0.6) is 0 Å². The van der Waals surface area contributed by atoms with Gasteiger partial charge >= 0.3 is 0 Å². The van der Waals surface area contributed by atoms with Crippen molar-refractivity contribution in [2.24, 2.45) is 0 Å². The van der Waals surface area contributed by atoms with Gasteiger partial charge in [0.25, 0.3) is 5.91 Å². The van der Waals surface area contributed by atoms with Crippen LogP contribution < -0.4 is 4.72 Å². The maximum atomic E-state index is 13.1. The highest BCUT2D eigenvalue weighted by Crippen LogP contribution is 2.18. The van der Waals surface area contributed by atoms with Crippen molar-refractivity contribution in [1.82, 2.24) is 14.5 Å². The van der Waals surface area contributed by atoms with Crippen molar-refractivity contribution in [2.45, 2.75) is 11.8 Å². The minimum absolute atomic E-state index is 0.0900. The summed E-state index contributed by atoms with van der Waals surface area (Å²) in [6.45, 7) is 5.89. The summed E-state index contributed by atoms with van der Waals surface area (Å²) < 4.78 is 32.4. The summed E-state index contributed by atoms with van der Waals surface area (Å²) in [5.41, 5.74) is 2.36. The number of ether oxygens (including phenoxy) is 1. The lowest BCUT2D eigenvalue weighted by Crippen LogP contribution is -2.48. The van der Waals surface area contributed by atoms with E-state index in [1.807, 2.05) is 25.1 Å². The van der Waals surface area contributed by atoms with Crippen molar-refractivity contribution in [3.63, 3.8) is 0 Å². The summed E-state index contributed by atoms with van der Waals surface area (Å²) >= 11 is 0. The average molecular weight is 458 g/mol. The van der Waals surface area contributed by atoms with Crippen LogP contribution in [0.2, 0.25) is 0 Å². The first-order valence-corrected chi connectivity index (χ1v) is 12.2.